The number of nitrogens with one attached hydrogen (secondary N) is 1. The van der Waals surface area contributed by atoms with Gasteiger partial charge in [0.2, 0.25) is 0 Å². The molecule has 0 bridgehead atoms. The van der Waals surface area contributed by atoms with Gasteiger partial charge in [-0.1, -0.05) is 20.8 Å². The summed E-state index contributed by atoms with van der Waals surface area (Å²) in [5.41, 5.74) is 0.427. The molecule has 1 aromatic rings. The van der Waals surface area contributed by atoms with Crippen molar-refractivity contribution in [2.45, 2.75) is 33.3 Å². The van der Waals surface area contributed by atoms with E-state index in [0.29, 0.717) is 18.5 Å². The number of ether oxygens (including phenoxy) is 1. The molecule has 0 spiro atoms. The van der Waals surface area contributed by atoms with Gasteiger partial charge in [-0.15, -0.1) is 0 Å². The van der Waals surface area contributed by atoms with Crippen molar-refractivity contribution < 1.29 is 14.6 Å². The highest BCUT2D eigenvalue weighted by Crippen LogP contribution is 2.21. The Morgan fingerprint density at radius 3 is 2.37 bits per heavy atom. The van der Waals surface area contributed by atoms with Gasteiger partial charge in [0.15, 0.2) is 0 Å². The number of hydrogen-bond donors (Lipinski definition) is 2. The highest BCUT2D eigenvalue weighted by atomic mass is 16.5. The standard InChI is InChI=1S/C15H23NO3/c1-15(2,3)13(17)9-10-16-14(18)11-5-7-12(19-4)8-6-11/h5-8,13,17H,9-10H2,1-4H3,(H,16,18). The van der Waals surface area contributed by atoms with Gasteiger partial charge in [0.25, 0.3) is 5.91 Å². The van der Waals surface area contributed by atoms with E-state index < -0.39 is 6.10 Å². The first kappa shape index (κ1) is 15.5. The number of methoxy groups -OCH3 is 1. The van der Waals surface area contributed by atoms with Crippen LogP contribution in [0.3, 0.4) is 0 Å². The lowest BCUT2D eigenvalue weighted by atomic mass is 9.87. The number of aliphatic hydroxyl groups is 1. The van der Waals surface area contributed by atoms with Crippen molar-refractivity contribution >= 4 is 5.91 Å². The van der Waals surface area contributed by atoms with E-state index in [1.165, 1.54) is 0 Å². The van der Waals surface area contributed by atoms with Crippen LogP contribution in [-0.2, 0) is 0 Å². The molecule has 2 N–H and O–H groups in total. The smallest absolute Gasteiger partial charge is 0.251 e. The summed E-state index contributed by atoms with van der Waals surface area (Å²) in [6.45, 7) is 6.39. The Bertz CT molecular complexity index is 406. The Hall–Kier alpha value is -1.55. The number of aliphatic hydroxyl groups excluding tert-OH is 1. The molecule has 1 rings (SSSR count). The van der Waals surface area contributed by atoms with Crippen molar-refractivity contribution in [2.24, 2.45) is 5.41 Å². The third kappa shape index (κ3) is 4.91. The SMILES string of the molecule is COc1ccc(C(=O)NCCC(O)C(C)(C)C)cc1. The zero-order valence-corrected chi connectivity index (χ0v) is 12.1. The molecular weight excluding hydrogens is 242 g/mol. The number of amides is 1. The second-order valence-corrected chi connectivity index (χ2v) is 5.65. The summed E-state index contributed by atoms with van der Waals surface area (Å²) in [6, 6.07) is 6.93. The van der Waals surface area contributed by atoms with Crippen molar-refractivity contribution in [3.05, 3.63) is 29.8 Å². The molecule has 0 heterocycles. The number of benzene rings is 1. The van der Waals surface area contributed by atoms with E-state index in [-0.39, 0.29) is 11.3 Å². The molecule has 0 aliphatic carbocycles. The Kier molecular flexibility index (Phi) is 5.36. The van der Waals surface area contributed by atoms with E-state index in [4.69, 9.17) is 4.74 Å². The van der Waals surface area contributed by atoms with Crippen LogP contribution in [-0.4, -0.2) is 30.8 Å². The minimum atomic E-state index is -0.427. The van der Waals surface area contributed by atoms with Crippen LogP contribution in [0.15, 0.2) is 24.3 Å². The second kappa shape index (κ2) is 6.57. The highest BCUT2D eigenvalue weighted by Gasteiger charge is 2.21. The van der Waals surface area contributed by atoms with Crippen LogP contribution < -0.4 is 10.1 Å². The average Bonchev–Trinajstić information content (AvgIpc) is 2.37. The van der Waals surface area contributed by atoms with Crippen molar-refractivity contribution in [3.8, 4) is 5.75 Å². The Morgan fingerprint density at radius 1 is 1.32 bits per heavy atom. The van der Waals surface area contributed by atoms with Crippen molar-refractivity contribution in [1.82, 2.24) is 5.32 Å². The van der Waals surface area contributed by atoms with Crippen LogP contribution in [0.2, 0.25) is 0 Å². The lowest BCUT2D eigenvalue weighted by molar-refractivity contribution is 0.0551. The minimum absolute atomic E-state index is 0.135. The summed E-state index contributed by atoms with van der Waals surface area (Å²) in [7, 11) is 1.59. The molecule has 0 saturated carbocycles. The van der Waals surface area contributed by atoms with Crippen LogP contribution in [0, 0.1) is 5.41 Å². The summed E-state index contributed by atoms with van der Waals surface area (Å²) in [5.74, 6) is 0.587. The molecule has 1 amide bonds. The molecule has 0 fully saturated rings. The van der Waals surface area contributed by atoms with Crippen LogP contribution in [0.5, 0.6) is 5.75 Å². The van der Waals surface area contributed by atoms with E-state index >= 15 is 0 Å². The summed E-state index contributed by atoms with van der Waals surface area (Å²) < 4.78 is 5.03. The first-order chi connectivity index (χ1) is 8.84. The molecule has 19 heavy (non-hydrogen) atoms. The quantitative estimate of drug-likeness (QED) is 0.858. The van der Waals surface area contributed by atoms with E-state index in [0.717, 1.165) is 5.75 Å². The molecule has 0 saturated heterocycles. The molecule has 0 aliphatic rings. The number of rotatable bonds is 5. The molecule has 1 atom stereocenters. The zero-order chi connectivity index (χ0) is 14.5. The fraction of sp³-hybridized carbons (Fsp3) is 0.533. The van der Waals surface area contributed by atoms with Gasteiger partial charge in [-0.2, -0.15) is 0 Å². The Morgan fingerprint density at radius 2 is 1.89 bits per heavy atom. The minimum Gasteiger partial charge on any atom is -0.497 e. The van der Waals surface area contributed by atoms with Gasteiger partial charge in [-0.3, -0.25) is 4.79 Å². The molecule has 4 nitrogen and oxygen atoms in total. The van der Waals surface area contributed by atoms with Gasteiger partial charge >= 0.3 is 0 Å². The molecule has 0 aromatic heterocycles. The Labute approximate surface area is 114 Å². The molecule has 1 aromatic carbocycles. The fourth-order valence-corrected chi connectivity index (χ4v) is 1.60. The summed E-state index contributed by atoms with van der Waals surface area (Å²) in [5, 5.41) is 12.7. The largest absolute Gasteiger partial charge is 0.497 e. The third-order valence-electron chi connectivity index (χ3n) is 3.06. The van der Waals surface area contributed by atoms with Gasteiger partial charge in [0, 0.05) is 12.1 Å². The van der Waals surface area contributed by atoms with E-state index in [1.807, 2.05) is 20.8 Å². The maximum absolute atomic E-state index is 11.8. The lowest BCUT2D eigenvalue weighted by Gasteiger charge is -2.25. The van der Waals surface area contributed by atoms with Gasteiger partial charge in [-0.05, 0) is 36.1 Å². The summed E-state index contributed by atoms with van der Waals surface area (Å²) in [4.78, 5) is 11.8. The number of carbonyl (C=O) groups is 1. The normalized spacial score (nSPS) is 12.9. The van der Waals surface area contributed by atoms with Gasteiger partial charge < -0.3 is 15.2 Å². The lowest BCUT2D eigenvalue weighted by Crippen LogP contribution is -2.32. The number of carbonyl (C=O) groups excluding carboxylic acids is 1. The van der Waals surface area contributed by atoms with E-state index in [2.05, 4.69) is 5.32 Å². The van der Waals surface area contributed by atoms with Crippen molar-refractivity contribution in [1.29, 1.82) is 0 Å². The van der Waals surface area contributed by atoms with Crippen LogP contribution in [0.4, 0.5) is 0 Å². The van der Waals surface area contributed by atoms with Crippen LogP contribution in [0.25, 0.3) is 0 Å². The highest BCUT2D eigenvalue weighted by molar-refractivity contribution is 5.94. The van der Waals surface area contributed by atoms with Gasteiger partial charge in [0.1, 0.15) is 5.75 Å². The monoisotopic (exact) mass is 265 g/mol. The second-order valence-electron chi connectivity index (χ2n) is 5.65. The first-order valence-corrected chi connectivity index (χ1v) is 6.45. The first-order valence-electron chi connectivity index (χ1n) is 6.45. The molecule has 106 valence electrons. The molecule has 0 aliphatic heterocycles. The fourth-order valence-electron chi connectivity index (χ4n) is 1.60. The zero-order valence-electron chi connectivity index (χ0n) is 12.1. The Balaban J connectivity index is 2.43. The van der Waals surface area contributed by atoms with E-state index in [1.54, 1.807) is 31.4 Å². The summed E-state index contributed by atoms with van der Waals surface area (Å²) in [6.07, 6.45) is 0.120. The third-order valence-corrected chi connectivity index (χ3v) is 3.06. The molecule has 0 radical (unpaired) electrons. The van der Waals surface area contributed by atoms with Crippen molar-refractivity contribution in [2.75, 3.05) is 13.7 Å². The van der Waals surface area contributed by atoms with E-state index in [9.17, 15) is 9.90 Å². The molecule has 4 heteroatoms. The topological polar surface area (TPSA) is 58.6 Å². The average molecular weight is 265 g/mol. The maximum atomic E-state index is 11.8. The number of hydrogen-bond acceptors (Lipinski definition) is 3. The predicted octanol–water partition coefficient (Wildman–Crippen LogP) is 2.22. The van der Waals surface area contributed by atoms with Crippen LogP contribution in [0.1, 0.15) is 37.6 Å². The predicted molar refractivity (Wildman–Crippen MR) is 75.4 cm³/mol. The van der Waals surface area contributed by atoms with Gasteiger partial charge in [-0.25, -0.2) is 0 Å². The molecule has 1 unspecified atom stereocenters. The molecular formula is C15H23NO3. The summed E-state index contributed by atoms with van der Waals surface area (Å²) >= 11 is 0. The van der Waals surface area contributed by atoms with Gasteiger partial charge in [0.05, 0.1) is 13.2 Å². The van der Waals surface area contributed by atoms with Crippen LogP contribution >= 0.6 is 0 Å². The maximum Gasteiger partial charge on any atom is 0.251 e. The van der Waals surface area contributed by atoms with Crippen molar-refractivity contribution in [3.63, 3.8) is 0 Å².